The molecule has 0 radical (unpaired) electrons. The first-order valence-corrected chi connectivity index (χ1v) is 7.37. The second kappa shape index (κ2) is 3.71. The van der Waals surface area contributed by atoms with Gasteiger partial charge in [0.2, 0.25) is 5.91 Å². The molecule has 2 saturated carbocycles. The molecule has 17 heavy (non-hydrogen) atoms. The van der Waals surface area contributed by atoms with E-state index in [0.717, 1.165) is 18.3 Å². The molecule has 3 heteroatoms. The van der Waals surface area contributed by atoms with Crippen LogP contribution in [0.5, 0.6) is 0 Å². The van der Waals surface area contributed by atoms with Gasteiger partial charge >= 0.3 is 0 Å². The van der Waals surface area contributed by atoms with Crippen molar-refractivity contribution in [1.29, 1.82) is 0 Å². The lowest BCUT2D eigenvalue weighted by molar-refractivity contribution is -0.126. The molecule has 0 spiro atoms. The lowest BCUT2D eigenvalue weighted by Gasteiger charge is -2.24. The second-order valence-corrected chi connectivity index (χ2v) is 6.60. The van der Waals surface area contributed by atoms with Gasteiger partial charge in [-0.1, -0.05) is 0 Å². The highest BCUT2D eigenvalue weighted by Crippen LogP contribution is 2.45. The van der Waals surface area contributed by atoms with Crippen LogP contribution in [0.1, 0.15) is 44.9 Å². The van der Waals surface area contributed by atoms with Crippen molar-refractivity contribution >= 4 is 5.91 Å². The summed E-state index contributed by atoms with van der Waals surface area (Å²) in [5.74, 6) is 2.26. The lowest BCUT2D eigenvalue weighted by Crippen LogP contribution is -2.44. The average molecular weight is 234 g/mol. The first-order chi connectivity index (χ1) is 8.31. The summed E-state index contributed by atoms with van der Waals surface area (Å²) < 4.78 is 0. The number of amides is 1. The molecule has 3 atom stereocenters. The van der Waals surface area contributed by atoms with Gasteiger partial charge in [-0.3, -0.25) is 4.79 Å². The van der Waals surface area contributed by atoms with Gasteiger partial charge in [-0.15, -0.1) is 0 Å². The van der Waals surface area contributed by atoms with E-state index in [2.05, 4.69) is 10.6 Å². The fourth-order valence-electron chi connectivity index (χ4n) is 3.92. The van der Waals surface area contributed by atoms with E-state index in [1.54, 1.807) is 0 Å². The van der Waals surface area contributed by atoms with Gasteiger partial charge in [-0.2, -0.15) is 0 Å². The van der Waals surface area contributed by atoms with Crippen molar-refractivity contribution < 1.29 is 4.79 Å². The molecule has 0 aromatic heterocycles. The minimum absolute atomic E-state index is 0.272. The van der Waals surface area contributed by atoms with Crippen LogP contribution in [0, 0.1) is 17.8 Å². The maximum Gasteiger partial charge on any atom is 0.224 e. The lowest BCUT2D eigenvalue weighted by atomic mass is 9.88. The molecule has 2 heterocycles. The van der Waals surface area contributed by atoms with Crippen molar-refractivity contribution in [1.82, 2.24) is 10.6 Å². The van der Waals surface area contributed by atoms with E-state index < -0.39 is 0 Å². The van der Waals surface area contributed by atoms with Crippen LogP contribution >= 0.6 is 0 Å². The fraction of sp³-hybridized carbons (Fsp3) is 0.929. The largest absolute Gasteiger partial charge is 0.353 e. The van der Waals surface area contributed by atoms with Crippen molar-refractivity contribution in [3.63, 3.8) is 0 Å². The van der Waals surface area contributed by atoms with Crippen molar-refractivity contribution in [2.24, 2.45) is 17.8 Å². The molecule has 2 saturated heterocycles. The van der Waals surface area contributed by atoms with E-state index in [4.69, 9.17) is 0 Å². The number of hydrogen-bond donors (Lipinski definition) is 2. The summed E-state index contributed by atoms with van der Waals surface area (Å²) in [5.41, 5.74) is 0. The topological polar surface area (TPSA) is 41.1 Å². The van der Waals surface area contributed by atoms with Gasteiger partial charge < -0.3 is 10.6 Å². The Morgan fingerprint density at radius 3 is 2.24 bits per heavy atom. The molecular formula is C14H22N2O. The van der Waals surface area contributed by atoms with Crippen molar-refractivity contribution in [3.8, 4) is 0 Å². The van der Waals surface area contributed by atoms with Crippen LogP contribution in [-0.4, -0.2) is 24.0 Å². The van der Waals surface area contributed by atoms with Gasteiger partial charge in [0.1, 0.15) is 0 Å². The Labute approximate surface area is 103 Å². The molecule has 3 unspecified atom stereocenters. The number of nitrogens with one attached hydrogen (secondary N) is 2. The van der Waals surface area contributed by atoms with Gasteiger partial charge in [0, 0.05) is 18.1 Å². The SMILES string of the molecule is O=C(NC(C1CC1)C1CC1)C1CC2CCC1N2. The monoisotopic (exact) mass is 234 g/mol. The molecule has 4 fully saturated rings. The summed E-state index contributed by atoms with van der Waals surface area (Å²) in [5, 5.41) is 6.95. The van der Waals surface area contributed by atoms with E-state index in [1.165, 1.54) is 38.5 Å². The van der Waals surface area contributed by atoms with Gasteiger partial charge in [0.15, 0.2) is 0 Å². The van der Waals surface area contributed by atoms with E-state index in [9.17, 15) is 4.79 Å². The molecule has 4 rings (SSSR count). The Hall–Kier alpha value is -0.570. The minimum atomic E-state index is 0.272. The zero-order valence-electron chi connectivity index (χ0n) is 10.3. The van der Waals surface area contributed by atoms with Crippen molar-refractivity contribution in [2.45, 2.75) is 63.1 Å². The van der Waals surface area contributed by atoms with Gasteiger partial charge in [0.05, 0.1) is 5.92 Å². The molecular weight excluding hydrogens is 212 g/mol. The minimum Gasteiger partial charge on any atom is -0.353 e. The van der Waals surface area contributed by atoms with Gasteiger partial charge in [-0.05, 0) is 56.8 Å². The van der Waals surface area contributed by atoms with Gasteiger partial charge in [0.25, 0.3) is 0 Å². The van der Waals surface area contributed by atoms with Crippen LogP contribution in [0.2, 0.25) is 0 Å². The van der Waals surface area contributed by atoms with Gasteiger partial charge in [-0.25, -0.2) is 0 Å². The molecule has 2 N–H and O–H groups in total. The van der Waals surface area contributed by atoms with Crippen LogP contribution in [0.3, 0.4) is 0 Å². The van der Waals surface area contributed by atoms with Crippen molar-refractivity contribution in [2.75, 3.05) is 0 Å². The summed E-state index contributed by atoms with van der Waals surface area (Å²) >= 11 is 0. The van der Waals surface area contributed by atoms with Crippen LogP contribution in [0.25, 0.3) is 0 Å². The number of rotatable bonds is 4. The third-order valence-corrected chi connectivity index (χ3v) is 5.21. The molecule has 0 aromatic rings. The summed E-state index contributed by atoms with van der Waals surface area (Å²) in [6.45, 7) is 0. The smallest absolute Gasteiger partial charge is 0.224 e. The zero-order chi connectivity index (χ0) is 11.4. The fourth-order valence-corrected chi connectivity index (χ4v) is 3.92. The van der Waals surface area contributed by atoms with Crippen LogP contribution in [0.15, 0.2) is 0 Å². The summed E-state index contributed by atoms with van der Waals surface area (Å²) in [4.78, 5) is 12.4. The molecule has 2 aliphatic carbocycles. The molecule has 2 aliphatic heterocycles. The molecule has 94 valence electrons. The van der Waals surface area contributed by atoms with E-state index in [-0.39, 0.29) is 5.92 Å². The third kappa shape index (κ3) is 1.88. The highest BCUT2D eigenvalue weighted by Gasteiger charge is 2.46. The highest BCUT2D eigenvalue weighted by atomic mass is 16.2. The number of hydrogen-bond acceptors (Lipinski definition) is 2. The highest BCUT2D eigenvalue weighted by molar-refractivity contribution is 5.80. The summed E-state index contributed by atoms with van der Waals surface area (Å²) in [7, 11) is 0. The zero-order valence-corrected chi connectivity index (χ0v) is 10.3. The quantitative estimate of drug-likeness (QED) is 0.772. The molecule has 4 aliphatic rings. The van der Waals surface area contributed by atoms with Crippen LogP contribution < -0.4 is 10.6 Å². The maximum atomic E-state index is 12.4. The molecule has 0 aromatic carbocycles. The van der Waals surface area contributed by atoms with E-state index >= 15 is 0 Å². The van der Waals surface area contributed by atoms with E-state index in [0.29, 0.717) is 24.0 Å². The van der Waals surface area contributed by atoms with E-state index in [1.807, 2.05) is 0 Å². The average Bonchev–Trinajstić information content (AvgIpc) is 3.26. The Morgan fingerprint density at radius 1 is 1.06 bits per heavy atom. The first-order valence-electron chi connectivity index (χ1n) is 7.37. The Balaban J connectivity index is 1.39. The standard InChI is InChI=1S/C14H22N2O/c17-14(11-7-10-5-6-12(11)15-10)16-13(8-1-2-8)9-3-4-9/h8-13,15H,1-7H2,(H,16,17). The van der Waals surface area contributed by atoms with Crippen molar-refractivity contribution in [3.05, 3.63) is 0 Å². The molecule has 2 bridgehead atoms. The van der Waals surface area contributed by atoms with Crippen LogP contribution in [-0.2, 0) is 4.79 Å². The predicted octanol–water partition coefficient (Wildman–Crippen LogP) is 1.43. The predicted molar refractivity (Wildman–Crippen MR) is 65.4 cm³/mol. The summed E-state index contributed by atoms with van der Waals surface area (Å²) in [6.07, 6.45) is 8.95. The molecule has 3 nitrogen and oxygen atoms in total. The first kappa shape index (κ1) is 10.4. The third-order valence-electron chi connectivity index (χ3n) is 5.21. The second-order valence-electron chi connectivity index (χ2n) is 6.60. The summed E-state index contributed by atoms with van der Waals surface area (Å²) in [6, 6.07) is 1.65. The molecule has 1 amide bonds. The Bertz CT molecular complexity index is 323. The number of carbonyl (C=O) groups is 1. The maximum absolute atomic E-state index is 12.4. The Morgan fingerprint density at radius 2 is 1.76 bits per heavy atom. The van der Waals surface area contributed by atoms with Crippen LogP contribution in [0.4, 0.5) is 0 Å². The Kier molecular flexibility index (Phi) is 2.26. The number of carbonyl (C=O) groups excluding carboxylic acids is 1. The normalized spacial score (nSPS) is 39.9. The number of fused-ring (bicyclic) bond motifs is 2.